The number of hydrogen-bond acceptors (Lipinski definition) is 7. The first-order valence-electron chi connectivity index (χ1n) is 11.7. The van der Waals surface area contributed by atoms with Gasteiger partial charge in [-0.1, -0.05) is 62.9 Å². The van der Waals surface area contributed by atoms with Gasteiger partial charge in [-0.3, -0.25) is 4.79 Å². The molecule has 8 heteroatoms. The molecule has 0 aliphatic carbocycles. The maximum absolute atomic E-state index is 13.2. The average Bonchev–Trinajstić information content (AvgIpc) is 3.11. The standard InChI is InChI=1S/C28H31N3O3S2/c1-8-34-27(33)23-16(2)17(3)35-26(23)31-24(32)18(4)36-25-21(15-29)20(19-12-10-9-11-13-19)14-22(30-25)28(5,6)7/h9-14,18H,8H2,1-7H3,(H,31,32)/t18-/m0/s1. The van der Waals surface area contributed by atoms with Crippen molar-refractivity contribution in [1.29, 1.82) is 5.26 Å². The molecule has 1 atom stereocenters. The first-order chi connectivity index (χ1) is 17.0. The summed E-state index contributed by atoms with van der Waals surface area (Å²) in [5.74, 6) is -0.728. The molecule has 0 spiro atoms. The Morgan fingerprint density at radius 1 is 1.22 bits per heavy atom. The third kappa shape index (κ3) is 5.97. The Balaban J connectivity index is 1.96. The number of rotatable bonds is 7. The van der Waals surface area contributed by atoms with Crippen LogP contribution in [0.15, 0.2) is 41.4 Å². The van der Waals surface area contributed by atoms with Crippen LogP contribution in [-0.4, -0.2) is 28.7 Å². The van der Waals surface area contributed by atoms with Crippen LogP contribution in [0.4, 0.5) is 5.00 Å². The molecule has 3 rings (SSSR count). The lowest BCUT2D eigenvalue weighted by atomic mass is 9.89. The zero-order valence-corrected chi connectivity index (χ0v) is 23.3. The number of aromatic nitrogens is 1. The van der Waals surface area contributed by atoms with Gasteiger partial charge in [-0.2, -0.15) is 5.26 Å². The second-order valence-corrected chi connectivity index (χ2v) is 12.0. The summed E-state index contributed by atoms with van der Waals surface area (Å²) in [6.07, 6.45) is 0. The molecule has 1 N–H and O–H groups in total. The van der Waals surface area contributed by atoms with Crippen LogP contribution in [0.2, 0.25) is 0 Å². The molecule has 0 aliphatic rings. The van der Waals surface area contributed by atoms with Gasteiger partial charge < -0.3 is 10.1 Å². The summed E-state index contributed by atoms with van der Waals surface area (Å²) >= 11 is 2.59. The van der Waals surface area contributed by atoms with Gasteiger partial charge in [0.2, 0.25) is 5.91 Å². The van der Waals surface area contributed by atoms with E-state index in [1.54, 1.807) is 13.8 Å². The summed E-state index contributed by atoms with van der Waals surface area (Å²) in [7, 11) is 0. The van der Waals surface area contributed by atoms with Crippen LogP contribution in [0.1, 0.15) is 66.7 Å². The van der Waals surface area contributed by atoms with Gasteiger partial charge in [-0.05, 0) is 44.9 Å². The highest BCUT2D eigenvalue weighted by molar-refractivity contribution is 8.00. The Bertz CT molecular complexity index is 1320. The van der Waals surface area contributed by atoms with Crippen molar-refractivity contribution in [1.82, 2.24) is 4.98 Å². The topological polar surface area (TPSA) is 92.1 Å². The van der Waals surface area contributed by atoms with Crippen LogP contribution in [-0.2, 0) is 14.9 Å². The number of amides is 1. The maximum atomic E-state index is 13.2. The molecule has 36 heavy (non-hydrogen) atoms. The van der Waals surface area contributed by atoms with Gasteiger partial charge in [0, 0.05) is 21.5 Å². The van der Waals surface area contributed by atoms with Crippen molar-refractivity contribution in [3.63, 3.8) is 0 Å². The molecule has 0 bridgehead atoms. The first kappa shape index (κ1) is 27.4. The average molecular weight is 522 g/mol. The van der Waals surface area contributed by atoms with E-state index < -0.39 is 11.2 Å². The fourth-order valence-electron chi connectivity index (χ4n) is 3.54. The Morgan fingerprint density at radius 2 is 1.89 bits per heavy atom. The number of carbonyl (C=O) groups excluding carboxylic acids is 2. The second-order valence-electron chi connectivity index (χ2n) is 9.42. The number of nitriles is 1. The highest BCUT2D eigenvalue weighted by atomic mass is 32.2. The number of ether oxygens (including phenoxy) is 1. The first-order valence-corrected chi connectivity index (χ1v) is 13.4. The van der Waals surface area contributed by atoms with Gasteiger partial charge in [0.05, 0.1) is 23.0 Å². The molecular weight excluding hydrogens is 490 g/mol. The Hall–Kier alpha value is -3.15. The summed E-state index contributed by atoms with van der Waals surface area (Å²) in [4.78, 5) is 31.5. The quantitative estimate of drug-likeness (QED) is 0.269. The van der Waals surface area contributed by atoms with Crippen LogP contribution in [0, 0.1) is 25.2 Å². The number of thiophene rings is 1. The Kier molecular flexibility index (Phi) is 8.59. The minimum absolute atomic E-state index is 0.251. The highest BCUT2D eigenvalue weighted by Gasteiger charge is 2.27. The summed E-state index contributed by atoms with van der Waals surface area (Å²) in [6, 6.07) is 14.0. The number of pyridine rings is 1. The van der Waals surface area contributed by atoms with E-state index in [9.17, 15) is 14.9 Å². The van der Waals surface area contributed by atoms with Crippen LogP contribution in [0.25, 0.3) is 11.1 Å². The molecule has 6 nitrogen and oxygen atoms in total. The van der Waals surface area contributed by atoms with Crippen LogP contribution >= 0.6 is 23.1 Å². The molecule has 2 heterocycles. The number of esters is 1. The van der Waals surface area contributed by atoms with E-state index in [-0.39, 0.29) is 17.9 Å². The van der Waals surface area contributed by atoms with Crippen molar-refractivity contribution in [3.8, 4) is 17.2 Å². The molecule has 2 aromatic heterocycles. The van der Waals surface area contributed by atoms with E-state index in [0.717, 1.165) is 27.3 Å². The van der Waals surface area contributed by atoms with Crippen LogP contribution in [0.5, 0.6) is 0 Å². The van der Waals surface area contributed by atoms with Gasteiger partial charge >= 0.3 is 5.97 Å². The number of aryl methyl sites for hydroxylation is 1. The predicted octanol–water partition coefficient (Wildman–Crippen LogP) is 6.89. The molecule has 0 saturated carbocycles. The molecule has 3 aromatic rings. The summed E-state index contributed by atoms with van der Waals surface area (Å²) in [5.41, 5.74) is 3.93. The molecule has 0 fully saturated rings. The third-order valence-electron chi connectivity index (χ3n) is 5.71. The lowest BCUT2D eigenvalue weighted by Gasteiger charge is -2.22. The molecule has 0 saturated heterocycles. The van der Waals surface area contributed by atoms with Crippen LogP contribution in [0.3, 0.4) is 0 Å². The minimum Gasteiger partial charge on any atom is -0.462 e. The van der Waals surface area contributed by atoms with E-state index in [1.807, 2.05) is 50.2 Å². The number of nitrogens with one attached hydrogen (secondary N) is 1. The number of anilines is 1. The van der Waals surface area contributed by atoms with Crippen LogP contribution < -0.4 is 5.32 Å². The summed E-state index contributed by atoms with van der Waals surface area (Å²) in [5, 5.41) is 13.4. The summed E-state index contributed by atoms with van der Waals surface area (Å²) in [6.45, 7) is 13.7. The molecule has 0 aliphatic heterocycles. The van der Waals surface area contributed by atoms with E-state index >= 15 is 0 Å². The normalized spacial score (nSPS) is 12.1. The van der Waals surface area contributed by atoms with Crippen molar-refractivity contribution in [2.45, 2.75) is 64.2 Å². The van der Waals surface area contributed by atoms with Gasteiger partial charge in [0.15, 0.2) is 0 Å². The Labute approximate surface area is 221 Å². The van der Waals surface area contributed by atoms with Crippen molar-refractivity contribution in [3.05, 3.63) is 63.7 Å². The third-order valence-corrected chi connectivity index (χ3v) is 7.92. The lowest BCUT2D eigenvalue weighted by Crippen LogP contribution is -2.24. The van der Waals surface area contributed by atoms with Gasteiger partial charge in [0.1, 0.15) is 16.1 Å². The van der Waals surface area contributed by atoms with E-state index in [4.69, 9.17) is 9.72 Å². The maximum Gasteiger partial charge on any atom is 0.341 e. The summed E-state index contributed by atoms with van der Waals surface area (Å²) < 4.78 is 5.20. The zero-order chi connectivity index (χ0) is 26.6. The van der Waals surface area contributed by atoms with Crippen molar-refractivity contribution >= 4 is 40.0 Å². The number of thioether (sulfide) groups is 1. The molecular formula is C28H31N3O3S2. The largest absolute Gasteiger partial charge is 0.462 e. The second kappa shape index (κ2) is 11.3. The number of benzene rings is 1. The fourth-order valence-corrected chi connectivity index (χ4v) is 5.52. The molecule has 0 radical (unpaired) electrons. The number of nitrogens with zero attached hydrogens (tertiary/aromatic N) is 2. The van der Waals surface area contributed by atoms with Gasteiger partial charge in [0.25, 0.3) is 0 Å². The fraction of sp³-hybridized carbons (Fsp3) is 0.357. The van der Waals surface area contributed by atoms with E-state index in [0.29, 0.717) is 21.2 Å². The highest BCUT2D eigenvalue weighted by Crippen LogP contribution is 2.37. The number of carbonyl (C=O) groups is 2. The van der Waals surface area contributed by atoms with E-state index in [1.165, 1.54) is 23.1 Å². The number of hydrogen-bond donors (Lipinski definition) is 1. The smallest absolute Gasteiger partial charge is 0.341 e. The monoisotopic (exact) mass is 521 g/mol. The zero-order valence-electron chi connectivity index (χ0n) is 21.7. The Morgan fingerprint density at radius 3 is 2.47 bits per heavy atom. The molecule has 0 unspecified atom stereocenters. The van der Waals surface area contributed by atoms with Gasteiger partial charge in [-0.25, -0.2) is 9.78 Å². The SMILES string of the molecule is CCOC(=O)c1c(NC(=O)[C@H](C)Sc2nc(C(C)(C)C)cc(-c3ccccc3)c2C#N)sc(C)c1C. The van der Waals surface area contributed by atoms with Crippen molar-refractivity contribution < 1.29 is 14.3 Å². The van der Waals surface area contributed by atoms with Crippen molar-refractivity contribution in [2.24, 2.45) is 0 Å². The predicted molar refractivity (Wildman–Crippen MR) is 147 cm³/mol. The van der Waals surface area contributed by atoms with Crippen molar-refractivity contribution in [2.75, 3.05) is 11.9 Å². The molecule has 1 amide bonds. The minimum atomic E-state index is -0.568. The lowest BCUT2D eigenvalue weighted by molar-refractivity contribution is -0.115. The molecule has 1 aromatic carbocycles. The van der Waals surface area contributed by atoms with Gasteiger partial charge in [-0.15, -0.1) is 11.3 Å². The molecule has 188 valence electrons. The van der Waals surface area contributed by atoms with E-state index in [2.05, 4.69) is 32.2 Å².